The molecular formula is C30H20O5. The number of hydrogen-bond acceptors (Lipinski definition) is 5. The van der Waals surface area contributed by atoms with Crippen molar-refractivity contribution in [3.05, 3.63) is 112 Å². The lowest BCUT2D eigenvalue weighted by Crippen LogP contribution is -2.05. The molecule has 0 saturated carbocycles. The molecule has 0 radical (unpaired) electrons. The van der Waals surface area contributed by atoms with Gasteiger partial charge in [-0.15, -0.1) is 0 Å². The Bertz CT molecular complexity index is 1850. The normalized spacial score (nSPS) is 11.3. The van der Waals surface area contributed by atoms with Crippen LogP contribution in [0.4, 0.5) is 0 Å². The fourth-order valence-electron chi connectivity index (χ4n) is 4.62. The molecule has 0 amide bonds. The Balaban J connectivity index is 1.61. The Kier molecular flexibility index (Phi) is 4.96. The molecule has 2 aromatic heterocycles. The fourth-order valence-corrected chi connectivity index (χ4v) is 4.62. The quantitative estimate of drug-likeness (QED) is 0.271. The van der Waals surface area contributed by atoms with Crippen molar-refractivity contribution in [3.8, 4) is 28.0 Å². The summed E-state index contributed by atoms with van der Waals surface area (Å²) in [6, 6.07) is 28.2. The van der Waals surface area contributed by atoms with Crippen molar-refractivity contribution in [2.75, 3.05) is 6.61 Å². The van der Waals surface area contributed by atoms with Gasteiger partial charge in [0.25, 0.3) is 0 Å². The van der Waals surface area contributed by atoms with Gasteiger partial charge in [-0.05, 0) is 41.5 Å². The van der Waals surface area contributed by atoms with E-state index in [1.807, 2.05) is 73.7 Å². The first-order valence-electron chi connectivity index (χ1n) is 11.4. The summed E-state index contributed by atoms with van der Waals surface area (Å²) >= 11 is 0. The molecule has 0 bridgehead atoms. The minimum atomic E-state index is -0.517. The molecule has 0 spiro atoms. The van der Waals surface area contributed by atoms with Gasteiger partial charge in [0, 0.05) is 34.0 Å². The summed E-state index contributed by atoms with van der Waals surface area (Å²) in [4.78, 5) is 25.7. The van der Waals surface area contributed by atoms with Crippen LogP contribution in [0.15, 0.2) is 109 Å². The SMILES string of the molecule is CCOc1ccc2cc(-c3cccc4c(-c5cccc6ccccc56)cc(=O)oc34)c(=O)oc2c1. The van der Waals surface area contributed by atoms with Gasteiger partial charge in [-0.2, -0.15) is 0 Å². The van der Waals surface area contributed by atoms with Crippen molar-refractivity contribution >= 4 is 32.7 Å². The van der Waals surface area contributed by atoms with Crippen molar-refractivity contribution < 1.29 is 13.6 Å². The third kappa shape index (κ3) is 3.58. The van der Waals surface area contributed by atoms with E-state index in [0.29, 0.717) is 34.6 Å². The first kappa shape index (κ1) is 20.9. The third-order valence-corrected chi connectivity index (χ3v) is 6.16. The van der Waals surface area contributed by atoms with Crippen LogP contribution in [0.5, 0.6) is 5.75 Å². The molecule has 4 aromatic carbocycles. The van der Waals surface area contributed by atoms with Crippen LogP contribution in [0.3, 0.4) is 0 Å². The highest BCUT2D eigenvalue weighted by atomic mass is 16.5. The molecule has 6 aromatic rings. The molecule has 5 heteroatoms. The minimum Gasteiger partial charge on any atom is -0.494 e. The van der Waals surface area contributed by atoms with Crippen LogP contribution < -0.4 is 16.0 Å². The van der Waals surface area contributed by atoms with E-state index in [1.165, 1.54) is 6.07 Å². The monoisotopic (exact) mass is 460 g/mol. The van der Waals surface area contributed by atoms with Gasteiger partial charge in [0.1, 0.15) is 16.9 Å². The number of hydrogen-bond donors (Lipinski definition) is 0. The highest BCUT2D eigenvalue weighted by Crippen LogP contribution is 2.36. The largest absolute Gasteiger partial charge is 0.494 e. The van der Waals surface area contributed by atoms with E-state index in [4.69, 9.17) is 13.6 Å². The van der Waals surface area contributed by atoms with E-state index in [2.05, 4.69) is 0 Å². The van der Waals surface area contributed by atoms with E-state index in [9.17, 15) is 9.59 Å². The lowest BCUT2D eigenvalue weighted by Gasteiger charge is -2.11. The Labute approximate surface area is 199 Å². The van der Waals surface area contributed by atoms with Gasteiger partial charge in [0.2, 0.25) is 0 Å². The van der Waals surface area contributed by atoms with E-state index in [0.717, 1.165) is 32.7 Å². The van der Waals surface area contributed by atoms with Crippen molar-refractivity contribution in [1.29, 1.82) is 0 Å². The van der Waals surface area contributed by atoms with Gasteiger partial charge in [-0.3, -0.25) is 0 Å². The summed E-state index contributed by atoms with van der Waals surface area (Å²) in [7, 11) is 0. The van der Waals surface area contributed by atoms with Crippen molar-refractivity contribution in [2.45, 2.75) is 6.92 Å². The van der Waals surface area contributed by atoms with Crippen molar-refractivity contribution in [3.63, 3.8) is 0 Å². The second-order valence-electron chi connectivity index (χ2n) is 8.27. The van der Waals surface area contributed by atoms with Crippen LogP contribution in [0.2, 0.25) is 0 Å². The number of ether oxygens (including phenoxy) is 1. The minimum absolute atomic E-state index is 0.325. The molecular weight excluding hydrogens is 440 g/mol. The Morgan fingerprint density at radius 2 is 1.43 bits per heavy atom. The Morgan fingerprint density at radius 1 is 0.657 bits per heavy atom. The van der Waals surface area contributed by atoms with Gasteiger partial charge in [-0.25, -0.2) is 9.59 Å². The maximum atomic E-state index is 13.0. The molecule has 0 aliphatic rings. The van der Waals surface area contributed by atoms with E-state index in [-0.39, 0.29) is 0 Å². The van der Waals surface area contributed by atoms with Crippen molar-refractivity contribution in [1.82, 2.24) is 0 Å². The van der Waals surface area contributed by atoms with E-state index < -0.39 is 11.3 Å². The molecule has 6 rings (SSSR count). The van der Waals surface area contributed by atoms with Gasteiger partial charge >= 0.3 is 11.3 Å². The molecule has 0 unspecified atom stereocenters. The molecule has 170 valence electrons. The van der Waals surface area contributed by atoms with E-state index >= 15 is 0 Å². The predicted octanol–water partition coefficient (Wildman–Crippen LogP) is 6.79. The second kappa shape index (κ2) is 8.29. The number of rotatable bonds is 4. The predicted molar refractivity (Wildman–Crippen MR) is 138 cm³/mol. The summed E-state index contributed by atoms with van der Waals surface area (Å²) in [6.45, 7) is 2.41. The smallest absolute Gasteiger partial charge is 0.344 e. The number of fused-ring (bicyclic) bond motifs is 3. The highest BCUT2D eigenvalue weighted by Gasteiger charge is 2.17. The molecule has 35 heavy (non-hydrogen) atoms. The molecule has 0 fully saturated rings. The lowest BCUT2D eigenvalue weighted by molar-refractivity contribution is 0.340. The summed E-state index contributed by atoms with van der Waals surface area (Å²) < 4.78 is 16.8. The van der Waals surface area contributed by atoms with Crippen LogP contribution in [0, 0.1) is 0 Å². The first-order chi connectivity index (χ1) is 17.1. The summed E-state index contributed by atoms with van der Waals surface area (Å²) in [5.74, 6) is 0.631. The van der Waals surface area contributed by atoms with Crippen LogP contribution in [-0.2, 0) is 0 Å². The van der Waals surface area contributed by atoms with Gasteiger partial charge in [0.15, 0.2) is 0 Å². The lowest BCUT2D eigenvalue weighted by atomic mass is 9.94. The molecule has 0 N–H and O–H groups in total. The average Bonchev–Trinajstić information content (AvgIpc) is 2.87. The van der Waals surface area contributed by atoms with Crippen LogP contribution in [-0.4, -0.2) is 6.61 Å². The summed E-state index contributed by atoms with van der Waals surface area (Å²) in [5.41, 5.74) is 2.28. The second-order valence-corrected chi connectivity index (χ2v) is 8.27. The first-order valence-corrected chi connectivity index (χ1v) is 11.4. The van der Waals surface area contributed by atoms with Gasteiger partial charge in [-0.1, -0.05) is 60.7 Å². The van der Waals surface area contributed by atoms with Crippen LogP contribution in [0.1, 0.15) is 6.92 Å². The third-order valence-electron chi connectivity index (χ3n) is 6.16. The maximum absolute atomic E-state index is 13.0. The summed E-state index contributed by atoms with van der Waals surface area (Å²) in [6.07, 6.45) is 0. The van der Waals surface area contributed by atoms with Gasteiger partial charge < -0.3 is 13.6 Å². The molecule has 0 atom stereocenters. The average molecular weight is 460 g/mol. The topological polar surface area (TPSA) is 69.7 Å². The molecule has 0 saturated heterocycles. The summed E-state index contributed by atoms with van der Waals surface area (Å²) in [5, 5.41) is 3.59. The Morgan fingerprint density at radius 3 is 2.31 bits per heavy atom. The molecule has 0 aliphatic heterocycles. The zero-order chi connectivity index (χ0) is 23.9. The zero-order valence-electron chi connectivity index (χ0n) is 18.9. The standard InChI is InChI=1S/C30H20O5/c1-2-33-20-14-13-19-15-26(30(32)34-27(19)16-20)24-12-6-11-23-25(17-28(31)35-29(23)24)22-10-5-8-18-7-3-4-9-21(18)22/h3-17H,2H2,1H3. The molecule has 2 heterocycles. The maximum Gasteiger partial charge on any atom is 0.344 e. The van der Waals surface area contributed by atoms with Gasteiger partial charge in [0.05, 0.1) is 12.2 Å². The Hall–Kier alpha value is -4.64. The molecule has 5 nitrogen and oxygen atoms in total. The van der Waals surface area contributed by atoms with Crippen LogP contribution in [0.25, 0.3) is 55.0 Å². The zero-order valence-corrected chi connectivity index (χ0v) is 18.9. The van der Waals surface area contributed by atoms with E-state index in [1.54, 1.807) is 18.2 Å². The van der Waals surface area contributed by atoms with Crippen molar-refractivity contribution in [2.24, 2.45) is 0 Å². The highest BCUT2D eigenvalue weighted by molar-refractivity contribution is 6.07. The number of para-hydroxylation sites is 1. The molecule has 0 aliphatic carbocycles. The number of benzene rings is 4. The fraction of sp³-hybridized carbons (Fsp3) is 0.0667. The van der Waals surface area contributed by atoms with Crippen LogP contribution >= 0.6 is 0 Å².